The fraction of sp³-hybridized carbons (Fsp3) is 0.100. The fourth-order valence-electron chi connectivity index (χ4n) is 2.96. The van der Waals surface area contributed by atoms with Crippen molar-refractivity contribution in [3.63, 3.8) is 0 Å². The lowest BCUT2D eigenvalue weighted by Gasteiger charge is -2.16. The quantitative estimate of drug-likeness (QED) is 0.527. The third kappa shape index (κ3) is 3.17. The topological polar surface area (TPSA) is 73.6 Å². The molecular weight excluding hydrogens is 312 g/mol. The number of aromatic amines is 2. The number of hydrogen-bond donors (Lipinski definition) is 3. The Bertz CT molecular complexity index is 1070. The lowest BCUT2D eigenvalue weighted by Crippen LogP contribution is -2.06. The number of rotatable bonds is 4. The van der Waals surface area contributed by atoms with Crippen molar-refractivity contribution in [3.05, 3.63) is 83.0 Å². The SMILES string of the molecule is CC(Nc1cncc(-c2ccc3[nH]c(=O)[nH]c3c2)c1)c1ccccc1. The van der Waals surface area contributed by atoms with Crippen molar-refractivity contribution in [1.29, 1.82) is 0 Å². The number of nitrogens with one attached hydrogen (secondary N) is 3. The number of fused-ring (bicyclic) bond motifs is 1. The predicted octanol–water partition coefficient (Wildman–Crippen LogP) is 4.09. The van der Waals surface area contributed by atoms with Crippen LogP contribution in [0.25, 0.3) is 22.2 Å². The van der Waals surface area contributed by atoms with Gasteiger partial charge in [-0.25, -0.2) is 4.79 Å². The van der Waals surface area contributed by atoms with Crippen molar-refractivity contribution in [3.8, 4) is 11.1 Å². The summed E-state index contributed by atoms with van der Waals surface area (Å²) in [7, 11) is 0. The molecule has 5 heteroatoms. The van der Waals surface area contributed by atoms with Crippen molar-refractivity contribution in [1.82, 2.24) is 15.0 Å². The summed E-state index contributed by atoms with van der Waals surface area (Å²) in [4.78, 5) is 21.3. The van der Waals surface area contributed by atoms with Gasteiger partial charge in [-0.15, -0.1) is 0 Å². The lowest BCUT2D eigenvalue weighted by molar-refractivity contribution is 0.883. The highest BCUT2D eigenvalue weighted by Crippen LogP contribution is 2.26. The first-order chi connectivity index (χ1) is 12.2. The van der Waals surface area contributed by atoms with Crippen molar-refractivity contribution >= 4 is 16.7 Å². The van der Waals surface area contributed by atoms with Gasteiger partial charge in [-0.3, -0.25) is 4.98 Å². The van der Waals surface area contributed by atoms with Crippen molar-refractivity contribution in [2.75, 3.05) is 5.32 Å². The van der Waals surface area contributed by atoms with Crippen molar-refractivity contribution < 1.29 is 0 Å². The number of anilines is 1. The zero-order valence-corrected chi connectivity index (χ0v) is 13.8. The highest BCUT2D eigenvalue weighted by molar-refractivity contribution is 5.81. The van der Waals surface area contributed by atoms with E-state index in [0.29, 0.717) is 0 Å². The van der Waals surface area contributed by atoms with Crippen LogP contribution in [-0.4, -0.2) is 15.0 Å². The Hall–Kier alpha value is -3.34. The standard InChI is InChI=1S/C20H18N4O/c1-13(14-5-3-2-4-6-14)22-17-9-16(11-21-12-17)15-7-8-18-19(10-15)24-20(25)23-18/h2-13,22H,1H3,(H2,23,24,25). The maximum absolute atomic E-state index is 11.4. The van der Waals surface area contributed by atoms with Gasteiger partial charge in [0, 0.05) is 24.0 Å². The summed E-state index contributed by atoms with van der Waals surface area (Å²) in [5.74, 6) is 0. The van der Waals surface area contributed by atoms with E-state index in [2.05, 4.69) is 45.4 Å². The Morgan fingerprint density at radius 1 is 0.920 bits per heavy atom. The van der Waals surface area contributed by atoms with Crippen LogP contribution in [0.2, 0.25) is 0 Å². The van der Waals surface area contributed by atoms with E-state index in [1.54, 1.807) is 0 Å². The average Bonchev–Trinajstić information content (AvgIpc) is 3.02. The summed E-state index contributed by atoms with van der Waals surface area (Å²) in [6.45, 7) is 2.12. The molecule has 124 valence electrons. The second-order valence-corrected chi connectivity index (χ2v) is 6.08. The van der Waals surface area contributed by atoms with Crippen molar-refractivity contribution in [2.45, 2.75) is 13.0 Å². The van der Waals surface area contributed by atoms with Crippen LogP contribution in [0.4, 0.5) is 5.69 Å². The number of benzene rings is 2. The molecule has 1 unspecified atom stereocenters. The normalized spacial score (nSPS) is 12.2. The van der Waals surface area contributed by atoms with Gasteiger partial charge in [0.05, 0.1) is 16.7 Å². The Morgan fingerprint density at radius 3 is 2.56 bits per heavy atom. The average molecular weight is 330 g/mol. The van der Waals surface area contributed by atoms with Gasteiger partial charge < -0.3 is 15.3 Å². The summed E-state index contributed by atoms with van der Waals surface area (Å²) >= 11 is 0. The molecule has 3 N–H and O–H groups in total. The van der Waals surface area contributed by atoms with Crippen LogP contribution >= 0.6 is 0 Å². The summed E-state index contributed by atoms with van der Waals surface area (Å²) in [5.41, 5.74) is 5.57. The number of H-pyrrole nitrogens is 2. The number of aromatic nitrogens is 3. The highest BCUT2D eigenvalue weighted by atomic mass is 16.1. The van der Waals surface area contributed by atoms with E-state index in [4.69, 9.17) is 0 Å². The molecule has 2 aromatic heterocycles. The summed E-state index contributed by atoms with van der Waals surface area (Å²) in [6, 6.07) is 18.4. The van der Waals surface area contributed by atoms with Gasteiger partial charge in [0.25, 0.3) is 0 Å². The summed E-state index contributed by atoms with van der Waals surface area (Å²) < 4.78 is 0. The minimum atomic E-state index is -0.197. The van der Waals surface area contributed by atoms with Crippen LogP contribution in [0.15, 0.2) is 71.8 Å². The molecule has 2 aromatic carbocycles. The molecule has 0 saturated carbocycles. The Labute approximate surface area is 144 Å². The molecule has 0 bridgehead atoms. The fourth-order valence-corrected chi connectivity index (χ4v) is 2.96. The molecule has 0 fully saturated rings. The van der Waals surface area contributed by atoms with Crippen LogP contribution in [0.3, 0.4) is 0 Å². The molecule has 4 rings (SSSR count). The largest absolute Gasteiger partial charge is 0.377 e. The molecule has 4 aromatic rings. The van der Waals surface area contributed by atoms with Gasteiger partial charge >= 0.3 is 5.69 Å². The number of nitrogens with zero attached hydrogens (tertiary/aromatic N) is 1. The molecule has 0 amide bonds. The third-order valence-electron chi connectivity index (χ3n) is 4.27. The molecule has 25 heavy (non-hydrogen) atoms. The van der Waals surface area contributed by atoms with Gasteiger partial charge in [0.1, 0.15) is 0 Å². The van der Waals surface area contributed by atoms with Gasteiger partial charge in [-0.2, -0.15) is 0 Å². The van der Waals surface area contributed by atoms with E-state index >= 15 is 0 Å². The van der Waals surface area contributed by atoms with E-state index in [0.717, 1.165) is 27.8 Å². The maximum atomic E-state index is 11.4. The lowest BCUT2D eigenvalue weighted by atomic mass is 10.1. The van der Waals surface area contributed by atoms with Crippen molar-refractivity contribution in [2.24, 2.45) is 0 Å². The second kappa shape index (κ2) is 6.28. The zero-order chi connectivity index (χ0) is 17.2. The molecule has 0 radical (unpaired) electrons. The molecule has 1 atom stereocenters. The van der Waals surface area contributed by atoms with Gasteiger partial charge in [-0.1, -0.05) is 36.4 Å². The molecule has 0 aliphatic carbocycles. The van der Waals surface area contributed by atoms with E-state index < -0.39 is 0 Å². The van der Waals surface area contributed by atoms with Crippen LogP contribution in [0, 0.1) is 0 Å². The smallest absolute Gasteiger partial charge is 0.323 e. The highest BCUT2D eigenvalue weighted by Gasteiger charge is 2.07. The molecule has 2 heterocycles. The van der Waals surface area contributed by atoms with E-state index in [9.17, 15) is 4.79 Å². The molecule has 5 nitrogen and oxygen atoms in total. The zero-order valence-electron chi connectivity index (χ0n) is 13.8. The monoisotopic (exact) mass is 330 g/mol. The molecule has 0 aliphatic rings. The number of pyridine rings is 1. The van der Waals surface area contributed by atoms with E-state index in [1.807, 2.05) is 48.8 Å². The summed E-state index contributed by atoms with van der Waals surface area (Å²) in [6.07, 6.45) is 3.64. The minimum absolute atomic E-state index is 0.182. The minimum Gasteiger partial charge on any atom is -0.377 e. The Kier molecular flexibility index (Phi) is 3.82. The third-order valence-corrected chi connectivity index (χ3v) is 4.27. The maximum Gasteiger partial charge on any atom is 0.323 e. The van der Waals surface area contributed by atoms with Gasteiger partial charge in [-0.05, 0) is 36.2 Å². The first kappa shape index (κ1) is 15.2. The van der Waals surface area contributed by atoms with E-state index in [-0.39, 0.29) is 11.7 Å². The van der Waals surface area contributed by atoms with E-state index in [1.165, 1.54) is 5.56 Å². The molecular formula is C20H18N4O. The Balaban J connectivity index is 1.63. The van der Waals surface area contributed by atoms with Gasteiger partial charge in [0.15, 0.2) is 0 Å². The second-order valence-electron chi connectivity index (χ2n) is 6.08. The molecule has 0 spiro atoms. The predicted molar refractivity (Wildman–Crippen MR) is 101 cm³/mol. The molecule has 0 saturated heterocycles. The summed E-state index contributed by atoms with van der Waals surface area (Å²) in [5, 5.41) is 3.48. The molecule has 0 aliphatic heterocycles. The number of hydrogen-bond acceptors (Lipinski definition) is 3. The first-order valence-electron chi connectivity index (χ1n) is 8.18. The van der Waals surface area contributed by atoms with Crippen LogP contribution in [0.5, 0.6) is 0 Å². The van der Waals surface area contributed by atoms with Crippen LogP contribution in [-0.2, 0) is 0 Å². The van der Waals surface area contributed by atoms with Crippen LogP contribution < -0.4 is 11.0 Å². The van der Waals surface area contributed by atoms with Crippen LogP contribution in [0.1, 0.15) is 18.5 Å². The Morgan fingerprint density at radius 2 is 1.72 bits per heavy atom. The first-order valence-corrected chi connectivity index (χ1v) is 8.18. The number of imidazole rings is 1. The van der Waals surface area contributed by atoms with Gasteiger partial charge in [0.2, 0.25) is 0 Å².